The van der Waals surface area contributed by atoms with Crippen molar-refractivity contribution < 1.29 is 30.8 Å². The van der Waals surface area contributed by atoms with Crippen molar-refractivity contribution in [1.29, 1.82) is 0 Å². The Balaban J connectivity index is 1.41. The third-order valence-corrected chi connectivity index (χ3v) is 9.66. The van der Waals surface area contributed by atoms with E-state index in [2.05, 4.69) is 59.2 Å². The fourth-order valence-corrected chi connectivity index (χ4v) is 7.21. The minimum absolute atomic E-state index is 0.240. The van der Waals surface area contributed by atoms with Gasteiger partial charge in [-0.05, 0) is 73.9 Å². The number of hydrogen-bond acceptors (Lipinski definition) is 6. The lowest BCUT2D eigenvalue weighted by atomic mass is 9.97. The van der Waals surface area contributed by atoms with Crippen LogP contribution in [0.4, 0.5) is 11.4 Å². The average molecular weight is 604 g/mol. The molecular formula is C32H31N2O6S2-. The normalized spacial score (nSPS) is 14.9. The van der Waals surface area contributed by atoms with Crippen LogP contribution in [-0.4, -0.2) is 48.6 Å². The number of quaternary nitrogens is 1. The van der Waals surface area contributed by atoms with Crippen LogP contribution in [0, 0.1) is 13.8 Å². The molecular weight excluding hydrogens is 572 g/mol. The SMILES string of the molecule is Cc1ccc2c(c1)-c1cc(-c3ccc4c(c3)c3cc(C)ccc3n4CCCS(=O)(=O)[O-])ccc1[NH+]2CCCS(=O)(=O)[O-]. The second-order valence-corrected chi connectivity index (χ2v) is 14.2. The second kappa shape index (κ2) is 10.6. The maximum Gasteiger partial charge on any atom is 0.144 e. The fourth-order valence-electron chi connectivity index (χ4n) is 6.23. The molecule has 1 N–H and O–H groups in total. The van der Waals surface area contributed by atoms with Gasteiger partial charge in [0.15, 0.2) is 0 Å². The lowest BCUT2D eigenvalue weighted by molar-refractivity contribution is -0.756. The lowest BCUT2D eigenvalue weighted by Gasteiger charge is -2.16. The molecule has 1 aliphatic rings. The number of fused-ring (bicyclic) bond motifs is 6. The van der Waals surface area contributed by atoms with Gasteiger partial charge in [0, 0.05) is 69.5 Å². The van der Waals surface area contributed by atoms with Crippen LogP contribution in [0.15, 0.2) is 72.8 Å². The zero-order valence-corrected chi connectivity index (χ0v) is 25.0. The smallest absolute Gasteiger partial charge is 0.144 e. The molecule has 1 unspecified atom stereocenters. The van der Waals surface area contributed by atoms with E-state index < -0.39 is 26.0 Å². The summed E-state index contributed by atoms with van der Waals surface area (Å²) >= 11 is 0. The second-order valence-electron chi connectivity index (χ2n) is 11.2. The lowest BCUT2D eigenvalue weighted by Crippen LogP contribution is -3.01. The number of nitrogens with zero attached hydrogens (tertiary/aromatic N) is 1. The summed E-state index contributed by atoms with van der Waals surface area (Å²) in [5.74, 6) is -0.787. The van der Waals surface area contributed by atoms with Gasteiger partial charge in [-0.2, -0.15) is 0 Å². The van der Waals surface area contributed by atoms with Crippen molar-refractivity contribution >= 4 is 53.4 Å². The minimum atomic E-state index is -4.28. The molecule has 10 heteroatoms. The molecule has 8 nitrogen and oxygen atoms in total. The van der Waals surface area contributed by atoms with Crippen LogP contribution in [-0.2, 0) is 26.8 Å². The van der Waals surface area contributed by atoms with Gasteiger partial charge < -0.3 is 13.7 Å². The summed E-state index contributed by atoms with van der Waals surface area (Å²) < 4.78 is 69.4. The minimum Gasteiger partial charge on any atom is -0.748 e. The molecule has 0 spiro atoms. The van der Waals surface area contributed by atoms with Gasteiger partial charge in [-0.25, -0.2) is 16.8 Å². The van der Waals surface area contributed by atoms with Gasteiger partial charge in [0.05, 0.1) is 26.8 Å². The zero-order chi connectivity index (χ0) is 29.8. The Morgan fingerprint density at radius 3 is 1.88 bits per heavy atom. The summed E-state index contributed by atoms with van der Waals surface area (Å²) in [6.45, 7) is 5.01. The Bertz CT molecular complexity index is 2080. The summed E-state index contributed by atoms with van der Waals surface area (Å²) in [5, 5.41) is 2.13. The Labute approximate surface area is 245 Å². The molecule has 0 aliphatic carbocycles. The van der Waals surface area contributed by atoms with Crippen molar-refractivity contribution in [3.8, 4) is 22.3 Å². The Hall–Kier alpha value is -3.54. The molecule has 1 aliphatic heterocycles. The molecule has 2 heterocycles. The predicted octanol–water partition coefficient (Wildman–Crippen LogP) is 4.78. The quantitative estimate of drug-likeness (QED) is 0.242. The third-order valence-electron chi connectivity index (χ3n) is 8.09. The molecule has 0 saturated carbocycles. The van der Waals surface area contributed by atoms with Crippen LogP contribution in [0.1, 0.15) is 24.0 Å². The monoisotopic (exact) mass is 603 g/mol. The van der Waals surface area contributed by atoms with Crippen molar-refractivity contribution in [3.05, 3.63) is 83.9 Å². The van der Waals surface area contributed by atoms with Crippen molar-refractivity contribution in [1.82, 2.24) is 4.57 Å². The molecule has 4 aromatic carbocycles. The molecule has 0 bridgehead atoms. The van der Waals surface area contributed by atoms with Crippen LogP contribution >= 0.6 is 0 Å². The highest BCUT2D eigenvalue weighted by atomic mass is 32.2. The van der Waals surface area contributed by atoms with Crippen LogP contribution < -0.4 is 4.90 Å². The van der Waals surface area contributed by atoms with E-state index in [1.165, 1.54) is 0 Å². The molecule has 42 heavy (non-hydrogen) atoms. The molecule has 1 atom stereocenters. The summed E-state index contributed by atoms with van der Waals surface area (Å²) in [4.78, 5) is 1.06. The molecule has 218 valence electrons. The van der Waals surface area contributed by atoms with E-state index in [1.807, 2.05) is 32.0 Å². The van der Waals surface area contributed by atoms with Crippen molar-refractivity contribution in [2.24, 2.45) is 0 Å². The zero-order valence-electron chi connectivity index (χ0n) is 23.4. The van der Waals surface area contributed by atoms with E-state index in [-0.39, 0.29) is 18.6 Å². The predicted molar refractivity (Wildman–Crippen MR) is 163 cm³/mol. The molecule has 0 amide bonds. The van der Waals surface area contributed by atoms with Crippen molar-refractivity contribution in [2.45, 2.75) is 33.2 Å². The first kappa shape index (κ1) is 28.6. The molecule has 1 aromatic heterocycles. The molecule has 0 fully saturated rings. The maximum atomic E-state index is 11.2. The molecule has 0 radical (unpaired) electrons. The fraction of sp³-hybridized carbons (Fsp3) is 0.250. The van der Waals surface area contributed by atoms with Gasteiger partial charge in [-0.3, -0.25) is 4.90 Å². The van der Waals surface area contributed by atoms with E-state index in [1.54, 1.807) is 0 Å². The topological polar surface area (TPSA) is 124 Å². The van der Waals surface area contributed by atoms with Gasteiger partial charge in [-0.1, -0.05) is 29.3 Å². The van der Waals surface area contributed by atoms with Crippen LogP contribution in [0.5, 0.6) is 0 Å². The van der Waals surface area contributed by atoms with Crippen molar-refractivity contribution in [3.63, 3.8) is 0 Å². The molecule has 6 rings (SSSR count). The number of aromatic nitrogens is 1. The van der Waals surface area contributed by atoms with Crippen LogP contribution in [0.2, 0.25) is 0 Å². The highest BCUT2D eigenvalue weighted by Gasteiger charge is 2.32. The van der Waals surface area contributed by atoms with Gasteiger partial charge in [0.1, 0.15) is 11.4 Å². The van der Waals surface area contributed by atoms with Gasteiger partial charge >= 0.3 is 0 Å². The highest BCUT2D eigenvalue weighted by molar-refractivity contribution is 7.85. The largest absolute Gasteiger partial charge is 0.748 e. The Morgan fingerprint density at radius 2 is 1.17 bits per heavy atom. The average Bonchev–Trinajstić information content (AvgIpc) is 3.38. The Morgan fingerprint density at radius 1 is 0.643 bits per heavy atom. The number of hydrogen-bond donors (Lipinski definition) is 1. The first-order valence-corrected chi connectivity index (χ1v) is 17.1. The Kier molecular flexibility index (Phi) is 7.23. The first-order chi connectivity index (χ1) is 19.9. The summed E-state index contributed by atoms with van der Waals surface area (Å²) in [6, 6.07) is 25.1. The van der Waals surface area contributed by atoms with E-state index in [4.69, 9.17) is 0 Å². The van der Waals surface area contributed by atoms with Crippen LogP contribution in [0.3, 0.4) is 0 Å². The standard InChI is InChI=1S/C32H32N2O6S2/c1-21-5-9-29-25(17-21)27-19-23(7-11-31(27)33(29)13-3-15-41(35,36)37)24-8-12-32-28(20-24)26-18-22(2)6-10-30(26)34(32)14-4-16-42(38,39)40/h5-12,17-20H,3-4,13-16H2,1-2H3,(H,35,36,37)(H,38,39,40)/p-1. The summed E-state index contributed by atoms with van der Waals surface area (Å²) in [5.41, 5.74) is 10.6. The number of benzene rings is 4. The molecule has 5 aromatic rings. The highest BCUT2D eigenvalue weighted by Crippen LogP contribution is 2.41. The number of aryl methyl sites for hydroxylation is 3. The van der Waals surface area contributed by atoms with Crippen LogP contribution in [0.25, 0.3) is 44.1 Å². The number of rotatable bonds is 9. The maximum absolute atomic E-state index is 11.2. The van der Waals surface area contributed by atoms with Gasteiger partial charge in [0.25, 0.3) is 0 Å². The molecule has 0 saturated heterocycles. The summed E-state index contributed by atoms with van der Waals surface area (Å²) in [7, 11) is -8.56. The van der Waals surface area contributed by atoms with Gasteiger partial charge in [0.2, 0.25) is 0 Å². The van der Waals surface area contributed by atoms with E-state index in [9.17, 15) is 25.9 Å². The van der Waals surface area contributed by atoms with E-state index >= 15 is 0 Å². The number of nitrogens with one attached hydrogen (secondary N) is 1. The van der Waals surface area contributed by atoms with E-state index in [0.29, 0.717) is 13.1 Å². The first-order valence-electron chi connectivity index (χ1n) is 13.9. The van der Waals surface area contributed by atoms with E-state index in [0.717, 1.165) is 71.5 Å². The van der Waals surface area contributed by atoms with Crippen molar-refractivity contribution in [2.75, 3.05) is 18.1 Å². The third kappa shape index (κ3) is 5.60. The van der Waals surface area contributed by atoms with Gasteiger partial charge in [-0.15, -0.1) is 0 Å². The summed E-state index contributed by atoms with van der Waals surface area (Å²) in [6.07, 6.45) is 0.514.